The van der Waals surface area contributed by atoms with Gasteiger partial charge in [-0.15, -0.1) is 0 Å². The molecule has 44 heavy (non-hydrogen) atoms. The molecule has 0 radical (unpaired) electrons. The molecule has 0 aliphatic rings. The van der Waals surface area contributed by atoms with Gasteiger partial charge >= 0.3 is 18.2 Å². The van der Waals surface area contributed by atoms with Gasteiger partial charge in [-0.1, -0.05) is 0 Å². The van der Waals surface area contributed by atoms with Crippen LogP contribution in [0.25, 0.3) is 0 Å². The Morgan fingerprint density at radius 1 is 0.977 bits per heavy atom. The van der Waals surface area contributed by atoms with Crippen LogP contribution < -0.4 is 20.7 Å². The van der Waals surface area contributed by atoms with Crippen molar-refractivity contribution < 1.29 is 50.1 Å². The Bertz CT molecular complexity index is 1540. The molecule has 1 amide bonds. The number of anilines is 4. The molecule has 0 unspecified atom stereocenters. The van der Waals surface area contributed by atoms with E-state index in [4.69, 9.17) is 15.2 Å². The first-order valence-corrected chi connectivity index (χ1v) is 13.0. The Morgan fingerprint density at radius 2 is 1.66 bits per heavy atom. The van der Waals surface area contributed by atoms with E-state index in [1.54, 1.807) is 20.8 Å². The predicted octanol–water partition coefficient (Wildman–Crippen LogP) is 7.01. The normalized spacial score (nSPS) is 11.6. The molecule has 15 heteroatoms. The van der Waals surface area contributed by atoms with E-state index < -0.39 is 58.1 Å². The van der Waals surface area contributed by atoms with Gasteiger partial charge in [0.1, 0.15) is 11.4 Å². The molecule has 3 aromatic rings. The second-order valence-electron chi connectivity index (χ2n) is 10.4. The van der Waals surface area contributed by atoms with E-state index in [1.807, 2.05) is 0 Å². The summed E-state index contributed by atoms with van der Waals surface area (Å²) in [5.74, 6) is -5.41. The number of hydrogen-bond donors (Lipinski definition) is 2. The smallest absolute Gasteiger partial charge is 0.419 e. The monoisotopic (exact) mass is 628 g/mol. The summed E-state index contributed by atoms with van der Waals surface area (Å²) < 4.78 is 99.2. The first kappa shape index (κ1) is 33.8. The molecule has 0 spiro atoms. The fraction of sp³-hybridized carbons (Fsp3) is 0.345. The lowest BCUT2D eigenvalue weighted by atomic mass is 10.0. The average Bonchev–Trinajstić information content (AvgIpc) is 2.93. The highest BCUT2D eigenvalue weighted by molar-refractivity contribution is 5.97. The molecule has 0 fully saturated rings. The lowest BCUT2D eigenvalue weighted by Gasteiger charge is -2.27. The fourth-order valence-electron chi connectivity index (χ4n) is 4.06. The molecule has 2 aromatic carbocycles. The molecule has 1 aromatic heterocycles. The zero-order valence-corrected chi connectivity index (χ0v) is 24.4. The highest BCUT2D eigenvalue weighted by Crippen LogP contribution is 2.37. The van der Waals surface area contributed by atoms with Gasteiger partial charge in [-0.05, 0) is 63.9 Å². The van der Waals surface area contributed by atoms with Gasteiger partial charge in [0, 0.05) is 23.9 Å². The number of benzene rings is 2. The number of rotatable bonds is 9. The van der Waals surface area contributed by atoms with E-state index in [-0.39, 0.29) is 48.0 Å². The number of nitrogens with one attached hydrogen (secondary N) is 1. The first-order valence-electron chi connectivity index (χ1n) is 13.0. The summed E-state index contributed by atoms with van der Waals surface area (Å²) in [5.41, 5.74) is 1.77. The number of ether oxygens (including phenoxy) is 3. The largest absolute Gasteiger partial charge is 0.481 e. The quantitative estimate of drug-likeness (QED) is 0.192. The minimum absolute atomic E-state index is 0.0228. The molecule has 238 valence electrons. The predicted molar refractivity (Wildman–Crippen MR) is 149 cm³/mol. The van der Waals surface area contributed by atoms with Crippen LogP contribution in [0, 0.1) is 17.5 Å². The second kappa shape index (κ2) is 13.3. The maximum atomic E-state index is 15.1. The Hall–Kier alpha value is -4.69. The Balaban J connectivity index is 2.00. The van der Waals surface area contributed by atoms with Crippen LogP contribution in [0.2, 0.25) is 0 Å². The van der Waals surface area contributed by atoms with Crippen molar-refractivity contribution in [3.05, 3.63) is 70.5 Å². The zero-order valence-electron chi connectivity index (χ0n) is 24.4. The number of carbonyl (C=O) groups excluding carboxylic acids is 2. The van der Waals surface area contributed by atoms with E-state index in [0.29, 0.717) is 12.1 Å². The maximum Gasteiger partial charge on any atom is 0.419 e. The van der Waals surface area contributed by atoms with Crippen LogP contribution in [0.1, 0.15) is 48.7 Å². The molecule has 3 N–H and O–H groups in total. The summed E-state index contributed by atoms with van der Waals surface area (Å²) in [6.45, 7) is 4.71. The van der Waals surface area contributed by atoms with Gasteiger partial charge < -0.3 is 25.3 Å². The van der Waals surface area contributed by atoms with E-state index >= 15 is 4.39 Å². The Labute approximate surface area is 248 Å². The van der Waals surface area contributed by atoms with Crippen molar-refractivity contribution in [1.29, 1.82) is 0 Å². The third-order valence-electron chi connectivity index (χ3n) is 6.05. The van der Waals surface area contributed by atoms with Gasteiger partial charge in [0.05, 0.1) is 36.7 Å². The highest BCUT2D eigenvalue weighted by Gasteiger charge is 2.36. The fourth-order valence-corrected chi connectivity index (χ4v) is 4.06. The van der Waals surface area contributed by atoms with E-state index in [2.05, 4.69) is 15.0 Å². The summed E-state index contributed by atoms with van der Waals surface area (Å²) in [6, 6.07) is 5.34. The van der Waals surface area contributed by atoms with Crippen molar-refractivity contribution in [2.75, 3.05) is 36.7 Å². The number of amides is 1. The van der Waals surface area contributed by atoms with Crippen molar-refractivity contribution in [2.45, 2.75) is 45.4 Å². The van der Waals surface area contributed by atoms with E-state index in [0.717, 1.165) is 24.1 Å². The molecule has 0 atom stereocenters. The summed E-state index contributed by atoms with van der Waals surface area (Å²) in [4.78, 5) is 30.6. The van der Waals surface area contributed by atoms with Crippen LogP contribution in [0.5, 0.6) is 5.88 Å². The molecule has 0 saturated heterocycles. The van der Waals surface area contributed by atoms with Crippen molar-refractivity contribution in [1.82, 2.24) is 4.98 Å². The van der Waals surface area contributed by atoms with Gasteiger partial charge in [-0.2, -0.15) is 18.2 Å². The van der Waals surface area contributed by atoms with Gasteiger partial charge in [-0.3, -0.25) is 4.90 Å². The molecule has 3 rings (SSSR count). The van der Waals surface area contributed by atoms with Crippen molar-refractivity contribution in [2.24, 2.45) is 0 Å². The van der Waals surface area contributed by atoms with Gasteiger partial charge in [0.25, 0.3) is 0 Å². The van der Waals surface area contributed by atoms with Crippen LogP contribution in [0.15, 0.2) is 36.4 Å². The molecule has 0 bridgehead atoms. The number of pyridine rings is 1. The van der Waals surface area contributed by atoms with Crippen LogP contribution in [0.4, 0.5) is 54.0 Å². The zero-order chi connectivity index (χ0) is 33.0. The van der Waals surface area contributed by atoms with Gasteiger partial charge in [-0.25, -0.2) is 22.8 Å². The number of methoxy groups -OCH3 is 2. The Kier molecular flexibility index (Phi) is 10.2. The lowest BCUT2D eigenvalue weighted by Crippen LogP contribution is -2.38. The molecule has 9 nitrogen and oxygen atoms in total. The number of halogens is 6. The van der Waals surface area contributed by atoms with Crippen molar-refractivity contribution in [3.8, 4) is 5.88 Å². The van der Waals surface area contributed by atoms with Crippen molar-refractivity contribution in [3.63, 3.8) is 0 Å². The number of nitrogens with zero attached hydrogens (tertiary/aromatic N) is 2. The summed E-state index contributed by atoms with van der Waals surface area (Å²) in [7, 11) is 2.29. The lowest BCUT2D eigenvalue weighted by molar-refractivity contribution is -0.139. The third kappa shape index (κ3) is 8.02. The van der Waals surface area contributed by atoms with Crippen molar-refractivity contribution >= 4 is 34.9 Å². The maximum absolute atomic E-state index is 15.1. The minimum atomic E-state index is -5.13. The number of hydrogen-bond acceptors (Lipinski definition) is 8. The summed E-state index contributed by atoms with van der Waals surface area (Å²) >= 11 is 0. The third-order valence-corrected chi connectivity index (χ3v) is 6.05. The van der Waals surface area contributed by atoms with E-state index in [9.17, 15) is 31.5 Å². The SMILES string of the molecule is COC(=O)c1cc(F)c(C(F)(F)F)cc1Nc1ccc(F)c(F)c1CCCN(C(=O)OC(C)(C)C)c1nc(OC)ccc1N. The summed E-state index contributed by atoms with van der Waals surface area (Å²) in [6.07, 6.45) is -6.33. The standard InChI is InChI=1S/C29H30F6N4O5/c1-28(2,3)44-27(41)39(25-20(36)9-11-23(38-25)42-4)12-6-7-15-21(10-8-18(30)24(15)32)37-22-14-17(29(33,34)35)19(31)13-16(22)26(40)43-5/h8-11,13-14,37H,6-7,12,36H2,1-5H3. The molecular weight excluding hydrogens is 598 g/mol. The molecule has 0 saturated carbocycles. The first-order chi connectivity index (χ1) is 20.5. The minimum Gasteiger partial charge on any atom is -0.481 e. The van der Waals surface area contributed by atoms with Crippen LogP contribution in [-0.2, 0) is 22.1 Å². The average molecular weight is 629 g/mol. The van der Waals surface area contributed by atoms with Gasteiger partial charge in [0.15, 0.2) is 17.5 Å². The topological polar surface area (TPSA) is 116 Å². The van der Waals surface area contributed by atoms with Crippen LogP contribution in [-0.4, -0.2) is 43.4 Å². The number of alkyl halides is 3. The molecule has 1 heterocycles. The highest BCUT2D eigenvalue weighted by atomic mass is 19.4. The van der Waals surface area contributed by atoms with Crippen LogP contribution >= 0.6 is 0 Å². The Morgan fingerprint density at radius 3 is 2.25 bits per heavy atom. The van der Waals surface area contributed by atoms with Gasteiger partial charge in [0.2, 0.25) is 5.88 Å². The summed E-state index contributed by atoms with van der Waals surface area (Å²) in [5, 5.41) is 2.48. The molecule has 0 aliphatic heterocycles. The second-order valence-corrected chi connectivity index (χ2v) is 10.4. The number of nitrogen functional groups attached to an aromatic ring is 1. The number of esters is 1. The molecule has 0 aliphatic carbocycles. The molecular formula is C29H30F6N4O5. The number of nitrogens with two attached hydrogens (primary N) is 1. The van der Waals surface area contributed by atoms with Crippen LogP contribution in [0.3, 0.4) is 0 Å². The number of aromatic nitrogens is 1. The number of carbonyl (C=O) groups is 2. The van der Waals surface area contributed by atoms with E-state index in [1.165, 1.54) is 19.2 Å².